The largest absolute Gasteiger partial charge is 0.497 e. The summed E-state index contributed by atoms with van der Waals surface area (Å²) in [7, 11) is 3.54. The van der Waals surface area contributed by atoms with E-state index >= 15 is 0 Å². The first-order chi connectivity index (χ1) is 9.78. The van der Waals surface area contributed by atoms with Crippen LogP contribution < -0.4 is 10.1 Å². The molecular formula is C17H25NO2. The molecule has 2 aliphatic rings. The third-order valence-electron chi connectivity index (χ3n) is 4.91. The van der Waals surface area contributed by atoms with Gasteiger partial charge < -0.3 is 14.8 Å². The molecule has 0 heterocycles. The number of benzene rings is 1. The van der Waals surface area contributed by atoms with Crippen LogP contribution in [0.5, 0.6) is 5.75 Å². The summed E-state index contributed by atoms with van der Waals surface area (Å²) in [4.78, 5) is 0. The summed E-state index contributed by atoms with van der Waals surface area (Å²) in [6.45, 7) is 0. The van der Waals surface area contributed by atoms with Crippen molar-refractivity contribution >= 4 is 0 Å². The van der Waals surface area contributed by atoms with Crippen LogP contribution in [0.4, 0.5) is 0 Å². The normalized spacial score (nSPS) is 32.9. The molecule has 2 unspecified atom stereocenters. The van der Waals surface area contributed by atoms with E-state index in [1.165, 1.54) is 37.7 Å². The van der Waals surface area contributed by atoms with Crippen molar-refractivity contribution in [2.45, 2.75) is 56.2 Å². The summed E-state index contributed by atoms with van der Waals surface area (Å²) in [6, 6.07) is 9.91. The summed E-state index contributed by atoms with van der Waals surface area (Å²) in [6.07, 6.45) is 6.66. The van der Waals surface area contributed by atoms with Gasteiger partial charge in [-0.25, -0.2) is 0 Å². The molecule has 0 aliphatic heterocycles. The first-order valence-electron chi connectivity index (χ1n) is 7.71. The minimum absolute atomic E-state index is 0.477. The number of nitrogens with one attached hydrogen (secondary N) is 1. The maximum atomic E-state index is 5.44. The quantitative estimate of drug-likeness (QED) is 0.895. The van der Waals surface area contributed by atoms with E-state index in [1.807, 2.05) is 7.11 Å². The zero-order valence-corrected chi connectivity index (χ0v) is 12.5. The molecule has 2 saturated carbocycles. The topological polar surface area (TPSA) is 30.5 Å². The van der Waals surface area contributed by atoms with Crippen LogP contribution in [-0.2, 0) is 4.74 Å². The maximum absolute atomic E-state index is 5.44. The van der Waals surface area contributed by atoms with Crippen LogP contribution in [0.3, 0.4) is 0 Å². The van der Waals surface area contributed by atoms with E-state index in [4.69, 9.17) is 9.47 Å². The molecule has 20 heavy (non-hydrogen) atoms. The number of methoxy groups -OCH3 is 2. The molecule has 2 atom stereocenters. The zero-order valence-electron chi connectivity index (χ0n) is 12.5. The van der Waals surface area contributed by atoms with Crippen molar-refractivity contribution in [3.05, 3.63) is 29.8 Å². The molecule has 2 aliphatic carbocycles. The third kappa shape index (κ3) is 2.99. The molecule has 0 radical (unpaired) electrons. The predicted molar refractivity (Wildman–Crippen MR) is 80.3 cm³/mol. The molecule has 3 nitrogen and oxygen atoms in total. The molecule has 2 fully saturated rings. The van der Waals surface area contributed by atoms with Crippen molar-refractivity contribution in [1.29, 1.82) is 0 Å². The Kier molecular flexibility index (Phi) is 4.27. The highest BCUT2D eigenvalue weighted by atomic mass is 16.5. The summed E-state index contributed by atoms with van der Waals surface area (Å²) >= 11 is 0. The van der Waals surface area contributed by atoms with E-state index in [0.29, 0.717) is 18.2 Å². The molecule has 0 saturated heterocycles. The monoisotopic (exact) mass is 275 g/mol. The first-order valence-corrected chi connectivity index (χ1v) is 7.71. The average Bonchev–Trinajstić information content (AvgIpc) is 2.90. The Morgan fingerprint density at radius 1 is 0.950 bits per heavy atom. The molecule has 1 N–H and O–H groups in total. The average molecular weight is 275 g/mol. The van der Waals surface area contributed by atoms with Gasteiger partial charge in [0.2, 0.25) is 0 Å². The predicted octanol–water partition coefficient (Wildman–Crippen LogP) is 3.10. The molecular weight excluding hydrogens is 250 g/mol. The highest BCUT2D eigenvalue weighted by Gasteiger charge is 2.33. The Hall–Kier alpha value is -1.06. The van der Waals surface area contributed by atoms with Crippen LogP contribution in [-0.4, -0.2) is 32.4 Å². The standard InChI is InChI=1S/C17H25NO2/c1-19-16-6-3-12(4-7-16)13-9-15(10-13)18-14-5-8-17(11-14)20-2/h3-4,6-7,13-15,17-18H,5,8-11H2,1-2H3. The van der Waals surface area contributed by atoms with Crippen LogP contribution >= 0.6 is 0 Å². The van der Waals surface area contributed by atoms with Gasteiger partial charge in [-0.3, -0.25) is 0 Å². The lowest BCUT2D eigenvalue weighted by Gasteiger charge is -2.38. The van der Waals surface area contributed by atoms with E-state index < -0.39 is 0 Å². The van der Waals surface area contributed by atoms with E-state index in [9.17, 15) is 0 Å². The lowest BCUT2D eigenvalue weighted by molar-refractivity contribution is 0.105. The summed E-state index contributed by atoms with van der Waals surface area (Å²) < 4.78 is 10.6. The van der Waals surface area contributed by atoms with Crippen LogP contribution in [0.2, 0.25) is 0 Å². The van der Waals surface area contributed by atoms with Crippen LogP contribution in [0.25, 0.3) is 0 Å². The Morgan fingerprint density at radius 3 is 2.30 bits per heavy atom. The van der Waals surface area contributed by atoms with Gasteiger partial charge >= 0.3 is 0 Å². The smallest absolute Gasteiger partial charge is 0.118 e. The fourth-order valence-corrected chi connectivity index (χ4v) is 3.54. The van der Waals surface area contributed by atoms with E-state index in [-0.39, 0.29) is 0 Å². The first kappa shape index (κ1) is 13.9. The van der Waals surface area contributed by atoms with Gasteiger partial charge in [0.15, 0.2) is 0 Å². The molecule has 3 heteroatoms. The molecule has 0 aromatic heterocycles. The second-order valence-electron chi connectivity index (χ2n) is 6.17. The lowest BCUT2D eigenvalue weighted by Crippen LogP contribution is -2.44. The van der Waals surface area contributed by atoms with Gasteiger partial charge in [-0.15, -0.1) is 0 Å². The van der Waals surface area contributed by atoms with Gasteiger partial charge in [-0.2, -0.15) is 0 Å². The van der Waals surface area contributed by atoms with Crippen LogP contribution in [0, 0.1) is 0 Å². The summed E-state index contributed by atoms with van der Waals surface area (Å²) in [5, 5.41) is 3.80. The number of rotatable bonds is 5. The fourth-order valence-electron chi connectivity index (χ4n) is 3.54. The molecule has 1 aromatic rings. The molecule has 110 valence electrons. The van der Waals surface area contributed by atoms with Gasteiger partial charge in [-0.1, -0.05) is 12.1 Å². The number of hydrogen-bond donors (Lipinski definition) is 1. The van der Waals surface area contributed by atoms with Crippen LogP contribution in [0.15, 0.2) is 24.3 Å². The van der Waals surface area contributed by atoms with Gasteiger partial charge in [0.25, 0.3) is 0 Å². The second-order valence-corrected chi connectivity index (χ2v) is 6.17. The number of ether oxygens (including phenoxy) is 2. The minimum atomic E-state index is 0.477. The summed E-state index contributed by atoms with van der Waals surface area (Å²) in [5.74, 6) is 1.66. The Bertz CT molecular complexity index is 425. The minimum Gasteiger partial charge on any atom is -0.497 e. The lowest BCUT2D eigenvalue weighted by atomic mass is 9.75. The molecule has 0 amide bonds. The SMILES string of the molecule is COc1ccc(C2CC(NC3CCC(OC)C3)C2)cc1. The highest BCUT2D eigenvalue weighted by molar-refractivity contribution is 5.30. The molecule has 3 rings (SSSR count). The van der Waals surface area contributed by atoms with Crippen molar-refractivity contribution in [1.82, 2.24) is 5.32 Å². The van der Waals surface area contributed by atoms with E-state index in [0.717, 1.165) is 11.7 Å². The summed E-state index contributed by atoms with van der Waals surface area (Å²) in [5.41, 5.74) is 1.45. The molecule has 0 spiro atoms. The van der Waals surface area contributed by atoms with E-state index in [1.54, 1.807) is 7.11 Å². The van der Waals surface area contributed by atoms with Crippen molar-refractivity contribution in [2.24, 2.45) is 0 Å². The Balaban J connectivity index is 1.44. The van der Waals surface area contributed by atoms with Crippen molar-refractivity contribution in [3.63, 3.8) is 0 Å². The van der Waals surface area contributed by atoms with Crippen molar-refractivity contribution in [2.75, 3.05) is 14.2 Å². The van der Waals surface area contributed by atoms with Crippen molar-refractivity contribution < 1.29 is 9.47 Å². The van der Waals surface area contributed by atoms with Gasteiger partial charge in [0.1, 0.15) is 5.75 Å². The second kappa shape index (κ2) is 6.15. The molecule has 1 aromatic carbocycles. The Morgan fingerprint density at radius 2 is 1.70 bits per heavy atom. The van der Waals surface area contributed by atoms with Crippen LogP contribution in [0.1, 0.15) is 43.6 Å². The third-order valence-corrected chi connectivity index (χ3v) is 4.91. The van der Waals surface area contributed by atoms with Gasteiger partial charge in [-0.05, 0) is 55.7 Å². The van der Waals surface area contributed by atoms with Crippen molar-refractivity contribution in [3.8, 4) is 5.75 Å². The van der Waals surface area contributed by atoms with E-state index in [2.05, 4.69) is 29.6 Å². The Labute approximate surface area is 121 Å². The zero-order chi connectivity index (χ0) is 13.9. The maximum Gasteiger partial charge on any atom is 0.118 e. The molecule has 0 bridgehead atoms. The number of hydrogen-bond acceptors (Lipinski definition) is 3. The highest BCUT2D eigenvalue weighted by Crippen LogP contribution is 2.38. The van der Waals surface area contributed by atoms with Gasteiger partial charge in [0.05, 0.1) is 13.2 Å². The fraction of sp³-hybridized carbons (Fsp3) is 0.647. The van der Waals surface area contributed by atoms with Gasteiger partial charge in [0, 0.05) is 19.2 Å².